The highest BCUT2D eigenvalue weighted by atomic mass is 35.5. The van der Waals surface area contributed by atoms with Crippen molar-refractivity contribution in [3.8, 4) is 22.5 Å². The molecule has 2 heterocycles. The Kier molecular flexibility index (Phi) is 4.89. The normalized spacial score (nSPS) is 10.4. The molecule has 4 rings (SSSR count). The fourth-order valence-electron chi connectivity index (χ4n) is 2.59. The molecule has 1 amide bonds. The number of rotatable bonds is 4. The predicted octanol–water partition coefficient (Wildman–Crippen LogP) is 4.77. The molecule has 0 saturated heterocycles. The first-order chi connectivity index (χ1) is 13.7. The first kappa shape index (κ1) is 17.9. The largest absolute Gasteiger partial charge is 0.319 e. The lowest BCUT2D eigenvalue weighted by Gasteiger charge is -2.04. The molecule has 8 heteroatoms. The molecule has 4 aromatic rings. The van der Waals surface area contributed by atoms with Crippen LogP contribution < -0.4 is 5.32 Å². The van der Waals surface area contributed by atoms with E-state index >= 15 is 0 Å². The van der Waals surface area contributed by atoms with E-state index in [1.165, 1.54) is 17.4 Å². The van der Waals surface area contributed by atoms with E-state index in [1.807, 2.05) is 53.9 Å². The van der Waals surface area contributed by atoms with Crippen molar-refractivity contribution in [2.45, 2.75) is 0 Å². The van der Waals surface area contributed by atoms with Crippen molar-refractivity contribution < 1.29 is 4.79 Å². The van der Waals surface area contributed by atoms with Crippen molar-refractivity contribution >= 4 is 34.5 Å². The average molecular weight is 406 g/mol. The minimum Gasteiger partial charge on any atom is -0.319 e. The maximum atomic E-state index is 12.7. The molecule has 136 valence electrons. The first-order valence-corrected chi connectivity index (χ1v) is 9.49. The van der Waals surface area contributed by atoms with E-state index in [4.69, 9.17) is 16.9 Å². The molecule has 0 unspecified atom stereocenters. The number of nitrogens with one attached hydrogen (secondary N) is 1. The number of aromatic nitrogens is 3. The van der Waals surface area contributed by atoms with Crippen LogP contribution in [0.1, 0.15) is 16.2 Å². The van der Waals surface area contributed by atoms with Crippen LogP contribution in [-0.4, -0.2) is 20.7 Å². The van der Waals surface area contributed by atoms with Gasteiger partial charge in [0.1, 0.15) is 6.07 Å². The third kappa shape index (κ3) is 3.51. The van der Waals surface area contributed by atoms with Crippen molar-refractivity contribution in [3.63, 3.8) is 0 Å². The van der Waals surface area contributed by atoms with Gasteiger partial charge in [0, 0.05) is 5.69 Å². The van der Waals surface area contributed by atoms with E-state index < -0.39 is 5.91 Å². The van der Waals surface area contributed by atoms with Gasteiger partial charge in [0.2, 0.25) is 5.82 Å². The summed E-state index contributed by atoms with van der Waals surface area (Å²) in [7, 11) is 0. The fraction of sp³-hybridized carbons (Fsp3) is 0. The molecule has 0 radical (unpaired) electrons. The summed E-state index contributed by atoms with van der Waals surface area (Å²) >= 11 is 7.54. The number of hydrogen-bond acceptors (Lipinski definition) is 5. The summed E-state index contributed by atoms with van der Waals surface area (Å²) in [6, 6.07) is 20.0. The van der Waals surface area contributed by atoms with E-state index in [2.05, 4.69) is 15.4 Å². The van der Waals surface area contributed by atoms with E-state index in [0.717, 1.165) is 10.6 Å². The molecule has 0 fully saturated rings. The highest BCUT2D eigenvalue weighted by molar-refractivity contribution is 7.13. The van der Waals surface area contributed by atoms with Crippen molar-refractivity contribution in [1.29, 1.82) is 5.26 Å². The van der Waals surface area contributed by atoms with Gasteiger partial charge >= 0.3 is 0 Å². The van der Waals surface area contributed by atoms with Crippen molar-refractivity contribution in [2.75, 3.05) is 5.32 Å². The fourth-order valence-corrected chi connectivity index (χ4v) is 3.51. The molecule has 0 aliphatic heterocycles. The van der Waals surface area contributed by atoms with Gasteiger partial charge in [-0.05, 0) is 41.8 Å². The Balaban J connectivity index is 1.69. The summed E-state index contributed by atoms with van der Waals surface area (Å²) in [6.07, 6.45) is 0. The standard InChI is InChI=1S/C20H12ClN5OS/c21-16-11-14(9-8-13(16)12-22)23-20(27)18-24-19(17-7-4-10-28-17)26(25-18)15-5-2-1-3-6-15/h1-11H,(H,23,27). The predicted molar refractivity (Wildman–Crippen MR) is 109 cm³/mol. The van der Waals surface area contributed by atoms with Crippen LogP contribution in [0.4, 0.5) is 5.69 Å². The Morgan fingerprint density at radius 2 is 1.96 bits per heavy atom. The van der Waals surface area contributed by atoms with Gasteiger partial charge in [-0.1, -0.05) is 35.9 Å². The van der Waals surface area contributed by atoms with Gasteiger partial charge in [0.15, 0.2) is 5.82 Å². The summed E-state index contributed by atoms with van der Waals surface area (Å²) in [5, 5.41) is 18.3. The Morgan fingerprint density at radius 1 is 1.14 bits per heavy atom. The number of nitrogens with zero attached hydrogens (tertiary/aromatic N) is 4. The Labute approximate surface area is 169 Å². The van der Waals surface area contributed by atoms with Gasteiger partial charge in [0.25, 0.3) is 5.91 Å². The molecular formula is C20H12ClN5OS. The second-order valence-corrected chi connectivity index (χ2v) is 7.10. The van der Waals surface area contributed by atoms with Crippen LogP contribution in [0.5, 0.6) is 0 Å². The molecule has 28 heavy (non-hydrogen) atoms. The third-order valence-electron chi connectivity index (χ3n) is 3.90. The first-order valence-electron chi connectivity index (χ1n) is 8.23. The summed E-state index contributed by atoms with van der Waals surface area (Å²) in [4.78, 5) is 18.0. The maximum absolute atomic E-state index is 12.7. The van der Waals surface area contributed by atoms with Gasteiger partial charge in [-0.25, -0.2) is 9.67 Å². The smallest absolute Gasteiger partial charge is 0.295 e. The van der Waals surface area contributed by atoms with Crippen LogP contribution in [0.3, 0.4) is 0 Å². The van der Waals surface area contributed by atoms with Crippen molar-refractivity contribution in [1.82, 2.24) is 14.8 Å². The monoisotopic (exact) mass is 405 g/mol. The minimum absolute atomic E-state index is 0.0349. The van der Waals surface area contributed by atoms with Crippen LogP contribution in [-0.2, 0) is 0 Å². The molecule has 1 N–H and O–H groups in total. The van der Waals surface area contributed by atoms with Crippen molar-refractivity contribution in [3.05, 3.63) is 82.5 Å². The molecule has 0 atom stereocenters. The third-order valence-corrected chi connectivity index (χ3v) is 5.08. The number of halogens is 1. The Hall–Kier alpha value is -3.47. The summed E-state index contributed by atoms with van der Waals surface area (Å²) in [5.74, 6) is 0.158. The molecule has 2 aromatic heterocycles. The van der Waals surface area contributed by atoms with Crippen LogP contribution in [0.25, 0.3) is 16.4 Å². The minimum atomic E-state index is -0.465. The van der Waals surface area contributed by atoms with Crippen LogP contribution in [0, 0.1) is 11.3 Å². The van der Waals surface area contributed by atoms with Crippen LogP contribution in [0.15, 0.2) is 66.0 Å². The molecule has 6 nitrogen and oxygen atoms in total. The Bertz CT molecular complexity index is 1180. The van der Waals surface area contributed by atoms with E-state index in [9.17, 15) is 4.79 Å². The van der Waals surface area contributed by atoms with E-state index in [0.29, 0.717) is 17.1 Å². The highest BCUT2D eigenvalue weighted by Crippen LogP contribution is 2.26. The molecule has 0 aliphatic carbocycles. The molecular weight excluding hydrogens is 394 g/mol. The van der Waals surface area contributed by atoms with Gasteiger partial charge in [-0.3, -0.25) is 4.79 Å². The Morgan fingerprint density at radius 3 is 2.64 bits per heavy atom. The lowest BCUT2D eigenvalue weighted by molar-refractivity contribution is 0.101. The van der Waals surface area contributed by atoms with Gasteiger partial charge in [-0.2, -0.15) is 5.26 Å². The van der Waals surface area contributed by atoms with E-state index in [1.54, 1.807) is 16.8 Å². The number of carbonyl (C=O) groups excluding carboxylic acids is 1. The van der Waals surface area contributed by atoms with Crippen molar-refractivity contribution in [2.24, 2.45) is 0 Å². The summed E-state index contributed by atoms with van der Waals surface area (Å²) in [5.41, 5.74) is 1.60. The molecule has 2 aromatic carbocycles. The number of nitriles is 1. The number of para-hydroxylation sites is 1. The number of carbonyl (C=O) groups is 1. The van der Waals surface area contributed by atoms with E-state index in [-0.39, 0.29) is 10.8 Å². The zero-order valence-electron chi connectivity index (χ0n) is 14.3. The summed E-state index contributed by atoms with van der Waals surface area (Å²) < 4.78 is 1.65. The quantitative estimate of drug-likeness (QED) is 0.530. The SMILES string of the molecule is N#Cc1ccc(NC(=O)c2nc(-c3cccs3)n(-c3ccccc3)n2)cc1Cl. The molecule has 0 spiro atoms. The van der Waals surface area contributed by atoms with Gasteiger partial charge < -0.3 is 5.32 Å². The topological polar surface area (TPSA) is 83.6 Å². The lowest BCUT2D eigenvalue weighted by atomic mass is 10.2. The molecule has 0 saturated carbocycles. The summed E-state index contributed by atoms with van der Waals surface area (Å²) in [6.45, 7) is 0. The van der Waals surface area contributed by atoms with Crippen LogP contribution >= 0.6 is 22.9 Å². The number of thiophene rings is 1. The average Bonchev–Trinajstić information content (AvgIpc) is 3.38. The second kappa shape index (κ2) is 7.64. The number of benzene rings is 2. The van der Waals surface area contributed by atoms with Crippen LogP contribution in [0.2, 0.25) is 5.02 Å². The number of amides is 1. The lowest BCUT2D eigenvalue weighted by Crippen LogP contribution is -2.14. The highest BCUT2D eigenvalue weighted by Gasteiger charge is 2.19. The molecule has 0 bridgehead atoms. The second-order valence-electron chi connectivity index (χ2n) is 5.74. The van der Waals surface area contributed by atoms with Gasteiger partial charge in [0.05, 0.1) is 21.2 Å². The zero-order valence-corrected chi connectivity index (χ0v) is 15.9. The number of anilines is 1. The molecule has 0 aliphatic rings. The maximum Gasteiger partial charge on any atom is 0.295 e. The van der Waals surface area contributed by atoms with Gasteiger partial charge in [-0.15, -0.1) is 16.4 Å². The zero-order chi connectivity index (χ0) is 19.5. The number of hydrogen-bond donors (Lipinski definition) is 1.